The molecule has 1 saturated heterocycles. The lowest BCUT2D eigenvalue weighted by atomic mass is 9.96. The molecule has 186 valence electrons. The number of piperidine rings is 1. The molecule has 0 spiro atoms. The molecule has 0 bridgehead atoms. The highest BCUT2D eigenvalue weighted by Gasteiger charge is 2.27. The third kappa shape index (κ3) is 5.58. The fourth-order valence-electron chi connectivity index (χ4n) is 4.55. The molecular weight excluding hydrogens is 444 g/mol. The number of benzene rings is 2. The van der Waals surface area contributed by atoms with E-state index < -0.39 is 0 Å². The van der Waals surface area contributed by atoms with E-state index >= 15 is 0 Å². The Hall–Kier alpha value is -3.55. The first-order chi connectivity index (χ1) is 17.0. The number of carbonyl (C=O) groups is 1. The van der Waals surface area contributed by atoms with Crippen LogP contribution in [0.1, 0.15) is 32.3 Å². The fourth-order valence-corrected chi connectivity index (χ4v) is 4.55. The Morgan fingerprint density at radius 1 is 1.06 bits per heavy atom. The van der Waals surface area contributed by atoms with Crippen molar-refractivity contribution in [3.63, 3.8) is 0 Å². The molecule has 1 aliphatic rings. The summed E-state index contributed by atoms with van der Waals surface area (Å²) in [5, 5.41) is 3.08. The number of hydrogen-bond acceptors (Lipinski definition) is 6. The zero-order chi connectivity index (χ0) is 24.8. The molecule has 1 aliphatic heterocycles. The Morgan fingerprint density at radius 2 is 1.77 bits per heavy atom. The van der Waals surface area contributed by atoms with Gasteiger partial charge in [0.05, 0.1) is 24.2 Å². The number of aryl methyl sites for hydroxylation is 1. The molecule has 1 aromatic heterocycles. The van der Waals surface area contributed by atoms with Gasteiger partial charge in [0.15, 0.2) is 17.3 Å². The maximum atomic E-state index is 12.9. The van der Waals surface area contributed by atoms with Crippen molar-refractivity contribution in [2.75, 3.05) is 37.7 Å². The highest BCUT2D eigenvalue weighted by molar-refractivity contribution is 5.79. The van der Waals surface area contributed by atoms with E-state index in [9.17, 15) is 9.59 Å². The quantitative estimate of drug-likeness (QED) is 0.508. The van der Waals surface area contributed by atoms with Gasteiger partial charge in [-0.15, -0.1) is 0 Å². The molecule has 35 heavy (non-hydrogen) atoms. The van der Waals surface area contributed by atoms with Crippen molar-refractivity contribution in [2.24, 2.45) is 13.0 Å². The number of nitrogens with one attached hydrogen (secondary N) is 1. The predicted molar refractivity (Wildman–Crippen MR) is 137 cm³/mol. The number of rotatable bonds is 9. The number of nitrogens with zero attached hydrogens (tertiary/aromatic N) is 3. The maximum Gasteiger partial charge on any atom is 0.293 e. The Kier molecular flexibility index (Phi) is 7.90. The molecule has 3 aromatic rings. The first kappa shape index (κ1) is 24.6. The second-order valence-corrected chi connectivity index (χ2v) is 8.74. The summed E-state index contributed by atoms with van der Waals surface area (Å²) in [6.07, 6.45) is 2.11. The van der Waals surface area contributed by atoms with Crippen LogP contribution in [-0.2, 0) is 18.3 Å². The van der Waals surface area contributed by atoms with Crippen LogP contribution in [-0.4, -0.2) is 48.3 Å². The number of aromatic nitrogens is 2. The number of hydrogen-bond donors (Lipinski definition) is 1. The number of fused-ring (bicyclic) bond motifs is 1. The molecule has 4 rings (SSSR count). The average Bonchev–Trinajstić information content (AvgIpc) is 2.88. The van der Waals surface area contributed by atoms with Crippen LogP contribution in [0.15, 0.2) is 47.3 Å². The minimum atomic E-state index is -0.103. The minimum absolute atomic E-state index is 0.0603. The monoisotopic (exact) mass is 478 g/mol. The van der Waals surface area contributed by atoms with Crippen LogP contribution in [0, 0.1) is 5.92 Å². The fraction of sp³-hybridized carbons (Fsp3) is 0.444. The number of carbonyl (C=O) groups excluding carboxylic acids is 1. The van der Waals surface area contributed by atoms with E-state index in [4.69, 9.17) is 9.47 Å². The van der Waals surface area contributed by atoms with E-state index in [2.05, 4.69) is 10.3 Å². The highest BCUT2D eigenvalue weighted by Crippen LogP contribution is 2.28. The minimum Gasteiger partial charge on any atom is -0.490 e. The van der Waals surface area contributed by atoms with Gasteiger partial charge in [0, 0.05) is 32.6 Å². The van der Waals surface area contributed by atoms with Crippen molar-refractivity contribution >= 4 is 22.8 Å². The predicted octanol–water partition coefficient (Wildman–Crippen LogP) is 3.31. The van der Waals surface area contributed by atoms with Crippen LogP contribution in [0.25, 0.3) is 11.0 Å². The molecule has 2 aromatic carbocycles. The van der Waals surface area contributed by atoms with Crippen LogP contribution in [0.3, 0.4) is 0 Å². The van der Waals surface area contributed by atoms with Gasteiger partial charge in [-0.2, -0.15) is 0 Å². The average molecular weight is 479 g/mol. The molecule has 1 N–H and O–H groups in total. The van der Waals surface area contributed by atoms with Crippen LogP contribution in [0.4, 0.5) is 5.82 Å². The van der Waals surface area contributed by atoms with Crippen molar-refractivity contribution in [1.82, 2.24) is 14.9 Å². The van der Waals surface area contributed by atoms with Crippen LogP contribution in [0.5, 0.6) is 11.5 Å². The van der Waals surface area contributed by atoms with E-state index in [-0.39, 0.29) is 17.4 Å². The van der Waals surface area contributed by atoms with Crippen LogP contribution in [0.2, 0.25) is 0 Å². The zero-order valence-electron chi connectivity index (χ0n) is 20.8. The third-order valence-electron chi connectivity index (χ3n) is 6.45. The topological polar surface area (TPSA) is 85.7 Å². The van der Waals surface area contributed by atoms with Crippen molar-refractivity contribution in [3.05, 3.63) is 58.4 Å². The van der Waals surface area contributed by atoms with Crippen LogP contribution < -0.4 is 25.2 Å². The van der Waals surface area contributed by atoms with E-state index in [0.717, 1.165) is 28.1 Å². The van der Waals surface area contributed by atoms with Gasteiger partial charge in [-0.1, -0.05) is 18.2 Å². The lowest BCUT2D eigenvalue weighted by molar-refractivity contribution is -0.125. The number of ether oxygens (including phenoxy) is 2. The second kappa shape index (κ2) is 11.3. The van der Waals surface area contributed by atoms with Gasteiger partial charge in [0.2, 0.25) is 5.91 Å². The van der Waals surface area contributed by atoms with Crippen LogP contribution >= 0.6 is 0 Å². The number of amides is 1. The van der Waals surface area contributed by atoms with Gasteiger partial charge in [-0.3, -0.25) is 9.59 Å². The molecule has 2 heterocycles. The summed E-state index contributed by atoms with van der Waals surface area (Å²) in [6, 6.07) is 13.6. The SMILES string of the molecule is CCOc1ccc(CCNC(=O)C2CCN(c3nc4ccccc4n(C)c3=O)CC2)cc1OCC. The summed E-state index contributed by atoms with van der Waals surface area (Å²) in [6.45, 7) is 6.87. The molecule has 1 fully saturated rings. The molecule has 0 aliphatic carbocycles. The van der Waals surface area contributed by atoms with Crippen molar-refractivity contribution < 1.29 is 14.3 Å². The summed E-state index contributed by atoms with van der Waals surface area (Å²) in [5.74, 6) is 1.95. The zero-order valence-corrected chi connectivity index (χ0v) is 20.8. The largest absolute Gasteiger partial charge is 0.490 e. The van der Waals surface area contributed by atoms with Gasteiger partial charge >= 0.3 is 0 Å². The Morgan fingerprint density at radius 3 is 2.51 bits per heavy atom. The second-order valence-electron chi connectivity index (χ2n) is 8.74. The number of para-hydroxylation sites is 2. The lowest BCUT2D eigenvalue weighted by Gasteiger charge is -2.32. The lowest BCUT2D eigenvalue weighted by Crippen LogP contribution is -2.43. The standard InChI is InChI=1S/C27H34N4O4/c1-4-34-23-11-10-19(18-24(23)35-5-2)12-15-28-26(32)20-13-16-31(17-14-20)25-27(33)30(3)22-9-7-6-8-21(22)29-25/h6-11,18,20H,4-5,12-17H2,1-3H3,(H,28,32). The van der Waals surface area contributed by atoms with Crippen molar-refractivity contribution in [1.29, 1.82) is 0 Å². The highest BCUT2D eigenvalue weighted by atomic mass is 16.5. The van der Waals surface area contributed by atoms with Gasteiger partial charge in [-0.25, -0.2) is 4.98 Å². The third-order valence-corrected chi connectivity index (χ3v) is 6.45. The van der Waals surface area contributed by atoms with E-state index in [1.54, 1.807) is 11.6 Å². The van der Waals surface area contributed by atoms with Gasteiger partial charge in [0.25, 0.3) is 5.56 Å². The Balaban J connectivity index is 1.31. The normalized spacial score (nSPS) is 14.2. The molecule has 8 heteroatoms. The summed E-state index contributed by atoms with van der Waals surface area (Å²) in [5.41, 5.74) is 2.60. The number of anilines is 1. The van der Waals surface area contributed by atoms with Gasteiger partial charge in [0.1, 0.15) is 0 Å². The molecule has 0 radical (unpaired) electrons. The van der Waals surface area contributed by atoms with Gasteiger partial charge in [-0.05, 0) is 62.9 Å². The van der Waals surface area contributed by atoms with Crippen molar-refractivity contribution in [2.45, 2.75) is 33.1 Å². The summed E-state index contributed by atoms with van der Waals surface area (Å²) < 4.78 is 13.0. The van der Waals surface area contributed by atoms with Gasteiger partial charge < -0.3 is 24.3 Å². The van der Waals surface area contributed by atoms with E-state index in [1.165, 1.54) is 0 Å². The summed E-state index contributed by atoms with van der Waals surface area (Å²) >= 11 is 0. The smallest absolute Gasteiger partial charge is 0.293 e. The maximum absolute atomic E-state index is 12.9. The molecule has 0 atom stereocenters. The molecule has 0 saturated carbocycles. The molecule has 1 amide bonds. The molecule has 0 unspecified atom stereocenters. The Labute approximate surface area is 205 Å². The van der Waals surface area contributed by atoms with Crippen molar-refractivity contribution in [3.8, 4) is 11.5 Å². The van der Waals surface area contributed by atoms with E-state index in [1.807, 2.05) is 61.2 Å². The Bertz CT molecular complexity index is 1230. The molecule has 8 nitrogen and oxygen atoms in total. The molecular formula is C27H34N4O4. The summed E-state index contributed by atoms with van der Waals surface area (Å²) in [4.78, 5) is 32.3. The summed E-state index contributed by atoms with van der Waals surface area (Å²) in [7, 11) is 1.78. The first-order valence-electron chi connectivity index (χ1n) is 12.4. The van der Waals surface area contributed by atoms with E-state index in [0.29, 0.717) is 57.9 Å². The first-order valence-corrected chi connectivity index (χ1v) is 12.4.